The van der Waals surface area contributed by atoms with Crippen molar-refractivity contribution < 1.29 is 13.2 Å². The van der Waals surface area contributed by atoms with Crippen molar-refractivity contribution >= 4 is 0 Å². The van der Waals surface area contributed by atoms with Gasteiger partial charge in [0.15, 0.2) is 0 Å². The Hall–Kier alpha value is -1.33. The minimum atomic E-state index is -4.29. The van der Waals surface area contributed by atoms with E-state index in [-0.39, 0.29) is 6.04 Å². The summed E-state index contributed by atoms with van der Waals surface area (Å²) in [5, 5.41) is 3.25. The zero-order valence-electron chi connectivity index (χ0n) is 11.3. The van der Waals surface area contributed by atoms with Gasteiger partial charge in [-0.2, -0.15) is 13.2 Å². The third-order valence-electron chi connectivity index (χ3n) is 3.58. The quantitative estimate of drug-likeness (QED) is 0.854. The summed E-state index contributed by atoms with van der Waals surface area (Å²) in [7, 11) is 0. The van der Waals surface area contributed by atoms with Crippen LogP contribution in [0.4, 0.5) is 13.2 Å². The van der Waals surface area contributed by atoms with Crippen LogP contribution < -0.4 is 5.32 Å². The molecule has 1 fully saturated rings. The highest BCUT2D eigenvalue weighted by Crippen LogP contribution is 2.33. The number of rotatable bonds is 4. The lowest BCUT2D eigenvalue weighted by Gasteiger charge is -2.35. The minimum Gasteiger partial charge on any atom is -0.314 e. The number of hydrogen-bond acceptors (Lipinski definition) is 2. The topological polar surface area (TPSA) is 15.3 Å². The maximum atomic E-state index is 12.8. The van der Waals surface area contributed by atoms with E-state index in [2.05, 4.69) is 16.8 Å². The SMILES string of the molecule is C=CC[C@H](c1cccc(C(F)(F)F)c1)N1CCNCC1. The molecular weight excluding hydrogens is 265 g/mol. The molecule has 1 heterocycles. The third kappa shape index (κ3) is 3.61. The van der Waals surface area contributed by atoms with Gasteiger partial charge in [-0.05, 0) is 24.1 Å². The number of benzene rings is 1. The van der Waals surface area contributed by atoms with Crippen molar-refractivity contribution in [2.75, 3.05) is 26.2 Å². The molecule has 1 aliphatic rings. The van der Waals surface area contributed by atoms with Crippen molar-refractivity contribution in [1.82, 2.24) is 10.2 Å². The molecule has 2 rings (SSSR count). The first-order chi connectivity index (χ1) is 9.52. The summed E-state index contributed by atoms with van der Waals surface area (Å²) in [5.41, 5.74) is 0.126. The van der Waals surface area contributed by atoms with Crippen molar-refractivity contribution in [1.29, 1.82) is 0 Å². The molecule has 2 nitrogen and oxygen atoms in total. The summed E-state index contributed by atoms with van der Waals surface area (Å²) in [6.45, 7) is 7.15. The summed E-state index contributed by atoms with van der Waals surface area (Å²) >= 11 is 0. The molecule has 1 aromatic carbocycles. The van der Waals surface area contributed by atoms with Crippen LogP contribution in [-0.4, -0.2) is 31.1 Å². The lowest BCUT2D eigenvalue weighted by molar-refractivity contribution is -0.137. The van der Waals surface area contributed by atoms with Crippen LogP contribution in [-0.2, 0) is 6.18 Å². The standard InChI is InChI=1S/C15H19F3N2/c1-2-4-14(20-9-7-19-8-10-20)12-5-3-6-13(11-12)15(16,17)18/h2-3,5-6,11,14,19H,1,4,7-10H2/t14-/m1/s1. The van der Waals surface area contributed by atoms with Crippen LogP contribution in [0.3, 0.4) is 0 Å². The molecule has 0 spiro atoms. The molecule has 0 amide bonds. The lowest BCUT2D eigenvalue weighted by Crippen LogP contribution is -2.45. The Morgan fingerprint density at radius 2 is 2.00 bits per heavy atom. The van der Waals surface area contributed by atoms with Gasteiger partial charge in [-0.15, -0.1) is 6.58 Å². The predicted octanol–water partition coefficient (Wildman–Crippen LogP) is 3.23. The van der Waals surface area contributed by atoms with Crippen molar-refractivity contribution in [2.24, 2.45) is 0 Å². The highest BCUT2D eigenvalue weighted by molar-refractivity contribution is 5.28. The normalized spacial score (nSPS) is 18.8. The molecule has 0 radical (unpaired) electrons. The van der Waals surface area contributed by atoms with Gasteiger partial charge in [0.1, 0.15) is 0 Å². The van der Waals surface area contributed by atoms with Crippen molar-refractivity contribution in [2.45, 2.75) is 18.6 Å². The van der Waals surface area contributed by atoms with E-state index in [0.717, 1.165) is 32.2 Å². The van der Waals surface area contributed by atoms with Gasteiger partial charge < -0.3 is 5.32 Å². The van der Waals surface area contributed by atoms with Crippen LogP contribution in [0.1, 0.15) is 23.6 Å². The number of piperazine rings is 1. The number of hydrogen-bond donors (Lipinski definition) is 1. The first kappa shape index (κ1) is 15.1. The molecule has 0 saturated carbocycles. The van der Waals surface area contributed by atoms with E-state index in [9.17, 15) is 13.2 Å². The van der Waals surface area contributed by atoms with E-state index in [1.54, 1.807) is 12.1 Å². The Morgan fingerprint density at radius 1 is 1.30 bits per heavy atom. The number of halogens is 3. The number of alkyl halides is 3. The molecule has 0 aliphatic carbocycles. The summed E-state index contributed by atoms with van der Waals surface area (Å²) in [5.74, 6) is 0. The van der Waals surface area contributed by atoms with Gasteiger partial charge in [0.05, 0.1) is 5.56 Å². The Kier molecular flexibility index (Phi) is 4.83. The van der Waals surface area contributed by atoms with E-state index in [4.69, 9.17) is 0 Å². The third-order valence-corrected chi connectivity index (χ3v) is 3.58. The Bertz CT molecular complexity index is 451. The van der Waals surface area contributed by atoms with E-state index >= 15 is 0 Å². The Labute approximate surface area is 117 Å². The van der Waals surface area contributed by atoms with Gasteiger partial charge >= 0.3 is 6.18 Å². The summed E-state index contributed by atoms with van der Waals surface area (Å²) < 4.78 is 38.4. The second-order valence-corrected chi connectivity index (χ2v) is 4.95. The van der Waals surface area contributed by atoms with Crippen molar-refractivity contribution in [3.05, 3.63) is 48.0 Å². The number of nitrogens with one attached hydrogen (secondary N) is 1. The molecule has 110 valence electrons. The van der Waals surface area contributed by atoms with Gasteiger partial charge in [0.25, 0.3) is 0 Å². The largest absolute Gasteiger partial charge is 0.416 e. The van der Waals surface area contributed by atoms with Gasteiger partial charge in [-0.3, -0.25) is 4.90 Å². The minimum absolute atomic E-state index is 0.0306. The van der Waals surface area contributed by atoms with Gasteiger partial charge in [-0.1, -0.05) is 18.2 Å². The highest BCUT2D eigenvalue weighted by Gasteiger charge is 2.31. The zero-order valence-corrected chi connectivity index (χ0v) is 11.3. The van der Waals surface area contributed by atoms with Crippen LogP contribution in [0, 0.1) is 0 Å². The fraction of sp³-hybridized carbons (Fsp3) is 0.467. The van der Waals surface area contributed by atoms with Gasteiger partial charge in [-0.25, -0.2) is 0 Å². The maximum Gasteiger partial charge on any atom is 0.416 e. The fourth-order valence-electron chi connectivity index (χ4n) is 2.57. The first-order valence-corrected chi connectivity index (χ1v) is 6.75. The fourth-order valence-corrected chi connectivity index (χ4v) is 2.57. The summed E-state index contributed by atoms with van der Waals surface area (Å²) in [4.78, 5) is 2.22. The smallest absolute Gasteiger partial charge is 0.314 e. The van der Waals surface area contributed by atoms with Crippen molar-refractivity contribution in [3.8, 4) is 0 Å². The van der Waals surface area contributed by atoms with E-state index < -0.39 is 11.7 Å². The molecular formula is C15H19F3N2. The molecule has 1 atom stereocenters. The molecule has 5 heteroatoms. The van der Waals surface area contributed by atoms with Crippen LogP contribution in [0.15, 0.2) is 36.9 Å². The van der Waals surface area contributed by atoms with Crippen molar-refractivity contribution in [3.63, 3.8) is 0 Å². The predicted molar refractivity (Wildman–Crippen MR) is 73.4 cm³/mol. The molecule has 0 bridgehead atoms. The van der Waals surface area contributed by atoms with E-state index in [0.29, 0.717) is 12.0 Å². The molecule has 1 aromatic rings. The Balaban J connectivity index is 2.26. The van der Waals surface area contributed by atoms with Crippen LogP contribution in [0.25, 0.3) is 0 Å². The zero-order chi connectivity index (χ0) is 14.6. The maximum absolute atomic E-state index is 12.8. The van der Waals surface area contributed by atoms with Gasteiger partial charge in [0, 0.05) is 32.2 Å². The van der Waals surface area contributed by atoms with E-state index in [1.807, 2.05) is 0 Å². The summed E-state index contributed by atoms with van der Waals surface area (Å²) in [6.07, 6.45) is -1.87. The molecule has 1 saturated heterocycles. The average molecular weight is 284 g/mol. The molecule has 1 aliphatic heterocycles. The monoisotopic (exact) mass is 284 g/mol. The number of nitrogens with zero attached hydrogens (tertiary/aromatic N) is 1. The second-order valence-electron chi connectivity index (χ2n) is 4.95. The molecule has 0 aromatic heterocycles. The van der Waals surface area contributed by atoms with Crippen LogP contribution in [0.2, 0.25) is 0 Å². The average Bonchev–Trinajstić information content (AvgIpc) is 2.45. The van der Waals surface area contributed by atoms with Crippen LogP contribution in [0.5, 0.6) is 0 Å². The van der Waals surface area contributed by atoms with Gasteiger partial charge in [0.2, 0.25) is 0 Å². The molecule has 20 heavy (non-hydrogen) atoms. The second kappa shape index (κ2) is 6.41. The first-order valence-electron chi connectivity index (χ1n) is 6.75. The lowest BCUT2D eigenvalue weighted by atomic mass is 9.99. The Morgan fingerprint density at radius 3 is 2.60 bits per heavy atom. The molecule has 1 N–H and O–H groups in total. The summed E-state index contributed by atoms with van der Waals surface area (Å²) in [6, 6.07) is 5.60. The van der Waals surface area contributed by atoms with Crippen LogP contribution >= 0.6 is 0 Å². The highest BCUT2D eigenvalue weighted by atomic mass is 19.4. The molecule has 0 unspecified atom stereocenters. The van der Waals surface area contributed by atoms with E-state index in [1.165, 1.54) is 12.1 Å².